The molecule has 0 saturated carbocycles. The lowest BCUT2D eigenvalue weighted by atomic mass is 9.96. The highest BCUT2D eigenvalue weighted by Gasteiger charge is 2.40. The molecule has 0 unspecified atom stereocenters. The summed E-state index contributed by atoms with van der Waals surface area (Å²) in [6, 6.07) is 18.5. The van der Waals surface area contributed by atoms with Gasteiger partial charge in [0, 0.05) is 35.3 Å². The van der Waals surface area contributed by atoms with Gasteiger partial charge in [0.1, 0.15) is 0 Å². The first-order valence-electron chi connectivity index (χ1n) is 10.2. The van der Waals surface area contributed by atoms with Crippen molar-refractivity contribution in [3.63, 3.8) is 0 Å². The zero-order valence-electron chi connectivity index (χ0n) is 16.3. The molecule has 2 bridgehead atoms. The maximum atomic E-state index is 12.4. The summed E-state index contributed by atoms with van der Waals surface area (Å²) in [5, 5.41) is 6.29. The maximum absolute atomic E-state index is 12.4. The van der Waals surface area contributed by atoms with Crippen LogP contribution in [0.2, 0.25) is 5.02 Å². The van der Waals surface area contributed by atoms with Gasteiger partial charge in [-0.15, -0.1) is 0 Å². The van der Waals surface area contributed by atoms with E-state index in [2.05, 4.69) is 39.8 Å². The summed E-state index contributed by atoms with van der Waals surface area (Å²) in [6.07, 6.45) is 4.32. The van der Waals surface area contributed by atoms with Crippen LogP contribution < -0.4 is 10.6 Å². The van der Waals surface area contributed by atoms with E-state index in [1.807, 2.05) is 6.07 Å². The average molecular weight is 412 g/mol. The third-order valence-corrected chi connectivity index (χ3v) is 6.19. The Hall–Kier alpha value is -2.37. The van der Waals surface area contributed by atoms with Crippen LogP contribution in [0.4, 0.5) is 0 Å². The molecule has 0 aliphatic carbocycles. The molecule has 2 N–H and O–H groups in total. The summed E-state index contributed by atoms with van der Waals surface area (Å²) in [7, 11) is 0. The Morgan fingerprint density at radius 3 is 2.41 bits per heavy atom. The Kier molecular flexibility index (Phi) is 6.16. The molecule has 2 aliphatic heterocycles. The smallest absolute Gasteiger partial charge is 0.251 e. The van der Waals surface area contributed by atoms with Crippen LogP contribution in [0.1, 0.15) is 41.6 Å². The molecular weight excluding hydrogens is 386 g/mol. The quantitative estimate of drug-likeness (QED) is 0.766. The van der Waals surface area contributed by atoms with Crippen LogP contribution in [0.25, 0.3) is 0 Å². The van der Waals surface area contributed by atoms with Crippen molar-refractivity contribution in [3.05, 3.63) is 70.7 Å². The van der Waals surface area contributed by atoms with Crippen LogP contribution in [-0.4, -0.2) is 41.4 Å². The van der Waals surface area contributed by atoms with Crippen LogP contribution in [-0.2, 0) is 11.3 Å². The molecule has 0 spiro atoms. The number of rotatable bonds is 6. The molecule has 2 amide bonds. The van der Waals surface area contributed by atoms with E-state index < -0.39 is 0 Å². The first-order valence-corrected chi connectivity index (χ1v) is 10.6. The summed E-state index contributed by atoms with van der Waals surface area (Å²) in [4.78, 5) is 27.1. The summed E-state index contributed by atoms with van der Waals surface area (Å²) < 4.78 is 0. The highest BCUT2D eigenvalue weighted by molar-refractivity contribution is 6.30. The second-order valence-corrected chi connectivity index (χ2v) is 8.41. The van der Waals surface area contributed by atoms with Gasteiger partial charge in [0.05, 0.1) is 6.54 Å². The number of amides is 2. The van der Waals surface area contributed by atoms with E-state index in [0.717, 1.165) is 19.4 Å². The lowest BCUT2D eigenvalue weighted by Gasteiger charge is -2.39. The molecular formula is C23H26ClN3O2. The SMILES string of the molecule is O=C(CNC(=O)c1cccc(Cl)c1)NC1C[C@H]2CC[C@H](C1)N2Cc1ccccc1. The van der Waals surface area contributed by atoms with E-state index in [1.54, 1.807) is 24.3 Å². The van der Waals surface area contributed by atoms with Crippen LogP contribution >= 0.6 is 11.6 Å². The van der Waals surface area contributed by atoms with Crippen molar-refractivity contribution in [2.75, 3.05) is 6.54 Å². The molecule has 2 saturated heterocycles. The number of nitrogens with zero attached hydrogens (tertiary/aromatic N) is 1. The first-order chi connectivity index (χ1) is 14.1. The number of benzene rings is 2. The molecule has 152 valence electrons. The van der Waals surface area contributed by atoms with E-state index >= 15 is 0 Å². The van der Waals surface area contributed by atoms with Crippen molar-refractivity contribution in [3.8, 4) is 0 Å². The Labute approximate surface area is 176 Å². The van der Waals surface area contributed by atoms with E-state index in [0.29, 0.717) is 22.7 Å². The fourth-order valence-corrected chi connectivity index (χ4v) is 4.81. The Bertz CT molecular complexity index is 859. The number of hydrogen-bond acceptors (Lipinski definition) is 3. The molecule has 4 rings (SSSR count). The second kappa shape index (κ2) is 8.97. The second-order valence-electron chi connectivity index (χ2n) is 7.97. The van der Waals surface area contributed by atoms with Gasteiger partial charge < -0.3 is 10.6 Å². The Balaban J connectivity index is 1.26. The highest BCUT2D eigenvalue weighted by Crippen LogP contribution is 2.36. The van der Waals surface area contributed by atoms with Gasteiger partial charge in [-0.3, -0.25) is 14.5 Å². The molecule has 5 nitrogen and oxygen atoms in total. The van der Waals surface area contributed by atoms with Crippen molar-refractivity contribution in [2.45, 2.75) is 50.4 Å². The number of carbonyl (C=O) groups is 2. The minimum Gasteiger partial charge on any atom is -0.352 e. The monoisotopic (exact) mass is 411 g/mol. The molecule has 2 heterocycles. The van der Waals surface area contributed by atoms with Crippen LogP contribution in [0.5, 0.6) is 0 Å². The minimum absolute atomic E-state index is 0.0229. The molecule has 6 heteroatoms. The fraction of sp³-hybridized carbons (Fsp3) is 0.391. The predicted octanol–water partition coefficient (Wildman–Crippen LogP) is 3.38. The van der Waals surface area contributed by atoms with Crippen molar-refractivity contribution < 1.29 is 9.59 Å². The van der Waals surface area contributed by atoms with Crippen molar-refractivity contribution in [2.24, 2.45) is 0 Å². The van der Waals surface area contributed by atoms with Crippen molar-refractivity contribution in [1.82, 2.24) is 15.5 Å². The molecule has 29 heavy (non-hydrogen) atoms. The summed E-state index contributed by atoms with van der Waals surface area (Å²) in [6.45, 7) is 0.956. The van der Waals surface area contributed by atoms with E-state index in [4.69, 9.17) is 11.6 Å². The topological polar surface area (TPSA) is 61.4 Å². The fourth-order valence-electron chi connectivity index (χ4n) is 4.62. The molecule has 2 atom stereocenters. The lowest BCUT2D eigenvalue weighted by molar-refractivity contribution is -0.121. The molecule has 2 aromatic rings. The number of fused-ring (bicyclic) bond motifs is 2. The van der Waals surface area contributed by atoms with Gasteiger partial charge in [-0.2, -0.15) is 0 Å². The number of halogens is 1. The van der Waals surface area contributed by atoms with Crippen molar-refractivity contribution in [1.29, 1.82) is 0 Å². The minimum atomic E-state index is -0.291. The number of hydrogen-bond donors (Lipinski definition) is 2. The average Bonchev–Trinajstić information content (AvgIpc) is 2.95. The van der Waals surface area contributed by atoms with Gasteiger partial charge in [0.25, 0.3) is 5.91 Å². The Morgan fingerprint density at radius 1 is 1.00 bits per heavy atom. The summed E-state index contributed by atoms with van der Waals surface area (Å²) in [5.74, 6) is -0.429. The number of carbonyl (C=O) groups excluding carboxylic acids is 2. The maximum Gasteiger partial charge on any atom is 0.251 e. The largest absolute Gasteiger partial charge is 0.352 e. The van der Waals surface area contributed by atoms with Gasteiger partial charge in [-0.1, -0.05) is 48.0 Å². The van der Waals surface area contributed by atoms with Crippen LogP contribution in [0, 0.1) is 0 Å². The molecule has 2 aliphatic rings. The summed E-state index contributed by atoms with van der Waals surface area (Å²) >= 11 is 5.91. The molecule has 0 radical (unpaired) electrons. The molecule has 2 aromatic carbocycles. The van der Waals surface area contributed by atoms with Gasteiger partial charge in [0.2, 0.25) is 5.91 Å². The van der Waals surface area contributed by atoms with Gasteiger partial charge in [-0.25, -0.2) is 0 Å². The van der Waals surface area contributed by atoms with Gasteiger partial charge in [0.15, 0.2) is 0 Å². The first kappa shape index (κ1) is 19.9. The number of piperidine rings is 1. The van der Waals surface area contributed by atoms with Crippen molar-refractivity contribution >= 4 is 23.4 Å². The predicted molar refractivity (Wildman–Crippen MR) is 114 cm³/mol. The molecule has 0 aromatic heterocycles. The zero-order valence-corrected chi connectivity index (χ0v) is 17.1. The summed E-state index contributed by atoms with van der Waals surface area (Å²) in [5.41, 5.74) is 1.80. The van der Waals surface area contributed by atoms with E-state index in [1.165, 1.54) is 18.4 Å². The third kappa shape index (κ3) is 4.98. The van der Waals surface area contributed by atoms with Crippen LogP contribution in [0.15, 0.2) is 54.6 Å². The standard InChI is InChI=1S/C23H26ClN3O2/c24-18-8-4-7-17(11-18)23(29)25-14-22(28)26-19-12-20-9-10-21(13-19)27(20)15-16-5-2-1-3-6-16/h1-8,11,19-21H,9-10,12-15H2,(H,25,29)(H,26,28)/t20-,21-/m1/s1. The normalized spacial score (nSPS) is 23.6. The highest BCUT2D eigenvalue weighted by atomic mass is 35.5. The van der Waals surface area contributed by atoms with E-state index in [-0.39, 0.29) is 24.4 Å². The Morgan fingerprint density at radius 2 is 1.72 bits per heavy atom. The van der Waals surface area contributed by atoms with Crippen LogP contribution in [0.3, 0.4) is 0 Å². The number of nitrogens with one attached hydrogen (secondary N) is 2. The zero-order chi connectivity index (χ0) is 20.2. The van der Waals surface area contributed by atoms with Gasteiger partial charge >= 0.3 is 0 Å². The van der Waals surface area contributed by atoms with E-state index in [9.17, 15) is 9.59 Å². The molecule has 2 fully saturated rings. The third-order valence-electron chi connectivity index (χ3n) is 5.95. The van der Waals surface area contributed by atoms with Gasteiger partial charge in [-0.05, 0) is 49.4 Å². The lowest BCUT2D eigenvalue weighted by Crippen LogP contribution is -2.51.